The SMILES string of the molecule is CO[Si](C[C]1([Pt]([CH3])([CH3])[CH3])C=CC=C1)(OC)OC. The van der Waals surface area contributed by atoms with Gasteiger partial charge in [-0.15, -0.1) is 0 Å². The van der Waals surface area contributed by atoms with E-state index in [9.17, 15) is 0 Å². The van der Waals surface area contributed by atoms with Gasteiger partial charge in [0.1, 0.15) is 0 Å². The molecule has 0 amide bonds. The third-order valence-corrected chi connectivity index (χ3v) is 14.3. The van der Waals surface area contributed by atoms with Gasteiger partial charge in [-0.1, -0.05) is 0 Å². The van der Waals surface area contributed by atoms with Crippen molar-refractivity contribution >= 4 is 8.80 Å². The molecule has 3 nitrogen and oxygen atoms in total. The third-order valence-electron chi connectivity index (χ3n) is 3.13. The average molecular weight is 439 g/mol. The molecular formula is C12H24O3PtSi. The fourth-order valence-corrected chi connectivity index (χ4v) is 11.8. The molecule has 1 aliphatic carbocycles. The van der Waals surface area contributed by atoms with E-state index in [0.29, 0.717) is 0 Å². The first kappa shape index (κ1) is 15.3. The summed E-state index contributed by atoms with van der Waals surface area (Å²) in [4.78, 5) is 0. The molecule has 0 radical (unpaired) electrons. The minimum atomic E-state index is -2.52. The first-order chi connectivity index (χ1) is 7.85. The van der Waals surface area contributed by atoms with Gasteiger partial charge in [-0.05, 0) is 0 Å². The predicted molar refractivity (Wildman–Crippen MR) is 70.2 cm³/mol. The van der Waals surface area contributed by atoms with E-state index in [1.165, 1.54) is 0 Å². The Morgan fingerprint density at radius 1 is 0.941 bits per heavy atom. The first-order valence-corrected chi connectivity index (χ1v) is 15.1. The molecule has 0 bridgehead atoms. The van der Waals surface area contributed by atoms with Crippen LogP contribution in [0.5, 0.6) is 0 Å². The second kappa shape index (κ2) is 5.49. The Labute approximate surface area is 109 Å². The molecule has 0 atom stereocenters. The maximum atomic E-state index is 5.57. The molecule has 104 valence electrons. The zero-order valence-corrected chi connectivity index (χ0v) is 14.8. The van der Waals surface area contributed by atoms with Crippen LogP contribution >= 0.6 is 0 Å². The Bertz CT molecular complexity index is 296. The summed E-state index contributed by atoms with van der Waals surface area (Å²) < 4.78 is 16.8. The van der Waals surface area contributed by atoms with Gasteiger partial charge in [-0.2, -0.15) is 0 Å². The zero-order chi connectivity index (χ0) is 13.2. The van der Waals surface area contributed by atoms with Gasteiger partial charge in [-0.25, -0.2) is 0 Å². The van der Waals surface area contributed by atoms with Gasteiger partial charge in [0.15, 0.2) is 0 Å². The minimum absolute atomic E-state index is 0.126. The van der Waals surface area contributed by atoms with Crippen LogP contribution in [-0.2, 0) is 29.3 Å². The zero-order valence-electron chi connectivity index (χ0n) is 11.6. The molecule has 1 aliphatic rings. The second-order valence-electron chi connectivity index (χ2n) is 4.48. The van der Waals surface area contributed by atoms with E-state index in [0.717, 1.165) is 6.04 Å². The predicted octanol–water partition coefficient (Wildman–Crippen LogP) is 3.45. The maximum absolute atomic E-state index is 5.57. The van der Waals surface area contributed by atoms with Crippen molar-refractivity contribution in [1.29, 1.82) is 0 Å². The number of hydrogen-bond donors (Lipinski definition) is 0. The standard InChI is InChI=1S/C9H15O3Si.3CH3.Pt/c1-10-13(11-2,12-3)8-9-6-4-5-7-9;;;;/h4-7H,8H2,1-3H3;3*1H3;. The molecule has 0 aromatic heterocycles. The van der Waals surface area contributed by atoms with Crippen molar-refractivity contribution in [3.05, 3.63) is 24.3 Å². The van der Waals surface area contributed by atoms with Crippen LogP contribution in [0.25, 0.3) is 0 Å². The summed E-state index contributed by atoms with van der Waals surface area (Å²) in [6.45, 7) is 0. The monoisotopic (exact) mass is 439 g/mol. The van der Waals surface area contributed by atoms with Gasteiger partial charge < -0.3 is 0 Å². The Morgan fingerprint density at radius 2 is 1.35 bits per heavy atom. The molecule has 0 heterocycles. The second-order valence-corrected chi connectivity index (χ2v) is 19.8. The number of allylic oxidation sites excluding steroid dienone is 4. The summed E-state index contributed by atoms with van der Waals surface area (Å²) in [6.07, 6.45) is 8.88. The topological polar surface area (TPSA) is 27.7 Å². The van der Waals surface area contributed by atoms with Gasteiger partial charge >= 0.3 is 110 Å². The van der Waals surface area contributed by atoms with Gasteiger partial charge in [0, 0.05) is 0 Å². The molecule has 17 heavy (non-hydrogen) atoms. The Kier molecular flexibility index (Phi) is 4.95. The Morgan fingerprint density at radius 3 is 1.65 bits per heavy atom. The van der Waals surface area contributed by atoms with Crippen LogP contribution in [0, 0.1) is 0 Å². The summed E-state index contributed by atoms with van der Waals surface area (Å²) in [5, 5.41) is 7.23. The van der Waals surface area contributed by atoms with Crippen LogP contribution in [0.3, 0.4) is 0 Å². The van der Waals surface area contributed by atoms with Crippen molar-refractivity contribution in [3.8, 4) is 0 Å². The summed E-state index contributed by atoms with van der Waals surface area (Å²) in [7, 11) is 2.53. The van der Waals surface area contributed by atoms with Gasteiger partial charge in [0.05, 0.1) is 0 Å². The van der Waals surface area contributed by atoms with Crippen LogP contribution in [-0.4, -0.2) is 30.1 Å². The van der Waals surface area contributed by atoms with Crippen molar-refractivity contribution in [3.63, 3.8) is 0 Å². The third kappa shape index (κ3) is 2.99. The van der Waals surface area contributed by atoms with E-state index >= 15 is 0 Å². The molecule has 5 heteroatoms. The average Bonchev–Trinajstić information content (AvgIpc) is 2.75. The van der Waals surface area contributed by atoms with Crippen molar-refractivity contribution in [2.45, 2.75) is 25.8 Å². The van der Waals surface area contributed by atoms with E-state index < -0.39 is 24.9 Å². The van der Waals surface area contributed by atoms with Crippen LogP contribution in [0.15, 0.2) is 24.3 Å². The summed E-state index contributed by atoms with van der Waals surface area (Å²) in [5.74, 6) is 0. The molecule has 0 aromatic rings. The van der Waals surface area contributed by atoms with Crippen LogP contribution in [0.1, 0.15) is 0 Å². The van der Waals surface area contributed by atoms with Crippen molar-refractivity contribution in [2.75, 3.05) is 21.3 Å². The van der Waals surface area contributed by atoms with Gasteiger partial charge in [-0.3, -0.25) is 0 Å². The fraction of sp³-hybridized carbons (Fsp3) is 0.667. The van der Waals surface area contributed by atoms with E-state index in [-0.39, 0.29) is 3.80 Å². The summed E-state index contributed by atoms with van der Waals surface area (Å²) >= 11 is -1.87. The molecule has 1 rings (SSSR count). The van der Waals surface area contributed by atoms with E-state index in [4.69, 9.17) is 13.3 Å². The fourth-order valence-electron chi connectivity index (χ4n) is 1.86. The summed E-state index contributed by atoms with van der Waals surface area (Å²) in [6, 6.07) is 0.844. The first-order valence-electron chi connectivity index (χ1n) is 5.23. The van der Waals surface area contributed by atoms with Crippen molar-refractivity contribution in [2.24, 2.45) is 0 Å². The van der Waals surface area contributed by atoms with Gasteiger partial charge in [0.2, 0.25) is 0 Å². The molecule has 0 unspecified atom stereocenters. The Balaban J connectivity index is 3.04. The normalized spacial score (nSPS) is 19.9. The van der Waals surface area contributed by atoms with E-state index in [1.807, 2.05) is 0 Å². The molecule has 0 aromatic carbocycles. The van der Waals surface area contributed by atoms with E-state index in [2.05, 4.69) is 40.2 Å². The van der Waals surface area contributed by atoms with Crippen molar-refractivity contribution < 1.29 is 29.3 Å². The molecule has 0 aliphatic heterocycles. The molecular weight excluding hydrogens is 415 g/mol. The van der Waals surface area contributed by atoms with Gasteiger partial charge in [0.25, 0.3) is 0 Å². The molecule has 0 fully saturated rings. The molecule has 0 saturated carbocycles. The van der Waals surface area contributed by atoms with Crippen molar-refractivity contribution in [1.82, 2.24) is 0 Å². The van der Waals surface area contributed by atoms with Crippen LogP contribution in [0.4, 0.5) is 0 Å². The van der Waals surface area contributed by atoms with Crippen LogP contribution in [0.2, 0.25) is 25.8 Å². The molecule has 0 spiro atoms. The molecule has 0 saturated heterocycles. The van der Waals surface area contributed by atoms with Crippen LogP contribution < -0.4 is 0 Å². The van der Waals surface area contributed by atoms with E-state index in [1.54, 1.807) is 21.3 Å². The molecule has 0 N–H and O–H groups in total. The Hall–Kier alpha value is 0.265. The quantitative estimate of drug-likeness (QED) is 0.594. The summed E-state index contributed by atoms with van der Waals surface area (Å²) in [5.41, 5.74) is 0. The number of hydrogen-bond acceptors (Lipinski definition) is 3. The number of rotatable bonds is 6.